The van der Waals surface area contributed by atoms with Crippen LogP contribution in [0.3, 0.4) is 0 Å². The minimum absolute atomic E-state index is 0.0397. The van der Waals surface area contributed by atoms with Gasteiger partial charge in [0, 0.05) is 18.5 Å². The van der Waals surface area contributed by atoms with Gasteiger partial charge in [0.2, 0.25) is 0 Å². The lowest BCUT2D eigenvalue weighted by Crippen LogP contribution is -2.35. The van der Waals surface area contributed by atoms with E-state index in [0.717, 1.165) is 31.0 Å². The van der Waals surface area contributed by atoms with Crippen LogP contribution in [0.1, 0.15) is 38.7 Å². The Morgan fingerprint density at radius 3 is 2.65 bits per heavy atom. The Hall–Kier alpha value is -1.27. The quantitative estimate of drug-likeness (QED) is 0.823. The normalized spacial score (nSPS) is 13.4. The first kappa shape index (κ1) is 13.8. The largest absolute Gasteiger partial charge is 0.466 e. The predicted octanol–water partition coefficient (Wildman–Crippen LogP) is 3.01. The van der Waals surface area contributed by atoms with Gasteiger partial charge in [-0.15, -0.1) is 0 Å². The Bertz CT molecular complexity index is 387. The highest BCUT2D eigenvalue weighted by Crippen LogP contribution is 2.24. The molecule has 0 aliphatic heterocycles. The van der Waals surface area contributed by atoms with Gasteiger partial charge in [-0.3, -0.25) is 0 Å². The summed E-state index contributed by atoms with van der Waals surface area (Å²) in [6.45, 7) is 9.85. The molecule has 0 saturated carbocycles. The Morgan fingerprint density at radius 2 is 2.18 bits per heavy atom. The molecule has 0 aliphatic rings. The fraction of sp³-hybridized carbons (Fsp3) is 0.643. The topological polar surface area (TPSA) is 49.0 Å². The van der Waals surface area contributed by atoms with Gasteiger partial charge in [0.1, 0.15) is 11.5 Å². The number of nitrogens with zero attached hydrogens (tertiary/aromatic N) is 1. The summed E-state index contributed by atoms with van der Waals surface area (Å²) in [5, 5.41) is 12.2. The lowest BCUT2D eigenvalue weighted by molar-refractivity contribution is 0.352. The summed E-state index contributed by atoms with van der Waals surface area (Å²) in [7, 11) is 0. The summed E-state index contributed by atoms with van der Waals surface area (Å²) in [4.78, 5) is 0. The molecule has 1 aromatic rings. The highest BCUT2D eigenvalue weighted by atomic mass is 16.3. The van der Waals surface area contributed by atoms with Gasteiger partial charge in [-0.2, -0.15) is 5.26 Å². The molecular formula is C14H22N2O. The van der Waals surface area contributed by atoms with Crippen molar-refractivity contribution < 1.29 is 4.42 Å². The molecule has 0 spiro atoms. The van der Waals surface area contributed by atoms with E-state index < -0.39 is 0 Å². The summed E-state index contributed by atoms with van der Waals surface area (Å²) < 4.78 is 5.65. The number of nitrogens with one attached hydrogen (secondary N) is 1. The van der Waals surface area contributed by atoms with Gasteiger partial charge in [-0.25, -0.2) is 0 Å². The number of aryl methyl sites for hydroxylation is 1. The predicted molar refractivity (Wildman–Crippen MR) is 68.7 cm³/mol. The third kappa shape index (κ3) is 3.90. The Kier molecular flexibility index (Phi) is 4.77. The number of hydrogen-bond donors (Lipinski definition) is 1. The van der Waals surface area contributed by atoms with Crippen molar-refractivity contribution in [3.8, 4) is 6.07 Å². The minimum Gasteiger partial charge on any atom is -0.466 e. The lowest BCUT2D eigenvalue weighted by Gasteiger charge is -2.23. The van der Waals surface area contributed by atoms with Gasteiger partial charge in [-0.1, -0.05) is 20.8 Å². The monoisotopic (exact) mass is 234 g/mol. The molecule has 0 saturated heterocycles. The van der Waals surface area contributed by atoms with Crippen molar-refractivity contribution in [3.05, 3.63) is 23.7 Å². The second-order valence-electron chi connectivity index (χ2n) is 5.16. The van der Waals surface area contributed by atoms with Gasteiger partial charge >= 0.3 is 0 Å². The number of hydrogen-bond acceptors (Lipinski definition) is 3. The van der Waals surface area contributed by atoms with Crippen LogP contribution in [0.15, 0.2) is 16.5 Å². The van der Waals surface area contributed by atoms with Crippen LogP contribution in [0, 0.1) is 24.2 Å². The van der Waals surface area contributed by atoms with Crippen LogP contribution >= 0.6 is 0 Å². The molecule has 1 rings (SSSR count). The maximum absolute atomic E-state index is 8.87. The summed E-state index contributed by atoms with van der Waals surface area (Å²) in [6, 6.07) is 6.31. The van der Waals surface area contributed by atoms with Crippen molar-refractivity contribution in [2.45, 2.75) is 39.5 Å². The van der Waals surface area contributed by atoms with Crippen LogP contribution in [0.25, 0.3) is 0 Å². The molecule has 0 aromatic carbocycles. The van der Waals surface area contributed by atoms with Crippen molar-refractivity contribution in [1.82, 2.24) is 5.32 Å². The average Bonchev–Trinajstić information content (AvgIpc) is 2.72. The molecule has 0 radical (unpaired) electrons. The fourth-order valence-corrected chi connectivity index (χ4v) is 1.73. The highest BCUT2D eigenvalue weighted by Gasteiger charge is 2.24. The first-order chi connectivity index (χ1) is 7.99. The molecule has 0 amide bonds. The summed E-state index contributed by atoms with van der Waals surface area (Å²) >= 11 is 0. The van der Waals surface area contributed by atoms with Crippen molar-refractivity contribution in [3.63, 3.8) is 0 Å². The second-order valence-corrected chi connectivity index (χ2v) is 5.16. The van der Waals surface area contributed by atoms with E-state index in [9.17, 15) is 0 Å². The van der Waals surface area contributed by atoms with E-state index in [4.69, 9.17) is 9.68 Å². The van der Waals surface area contributed by atoms with Crippen LogP contribution < -0.4 is 5.32 Å². The minimum atomic E-state index is -0.0397. The molecule has 0 fully saturated rings. The first-order valence-electron chi connectivity index (χ1n) is 6.17. The molecule has 1 atom stereocenters. The maximum atomic E-state index is 8.87. The molecule has 94 valence electrons. The first-order valence-corrected chi connectivity index (χ1v) is 6.17. The average molecular weight is 234 g/mol. The maximum Gasteiger partial charge on any atom is 0.111 e. The van der Waals surface area contributed by atoms with Crippen molar-refractivity contribution in [2.24, 2.45) is 5.92 Å². The lowest BCUT2D eigenvalue weighted by atomic mass is 9.90. The number of furan rings is 1. The zero-order valence-electron chi connectivity index (χ0n) is 11.2. The van der Waals surface area contributed by atoms with Crippen LogP contribution in [-0.2, 0) is 5.41 Å². The van der Waals surface area contributed by atoms with Crippen molar-refractivity contribution in [2.75, 3.05) is 13.1 Å². The summed E-state index contributed by atoms with van der Waals surface area (Å²) in [5.74, 6) is 2.04. The highest BCUT2D eigenvalue weighted by molar-refractivity contribution is 5.15. The third-order valence-electron chi connectivity index (χ3n) is 3.04. The van der Waals surface area contributed by atoms with E-state index in [1.165, 1.54) is 0 Å². The van der Waals surface area contributed by atoms with E-state index in [1.807, 2.05) is 26.0 Å². The van der Waals surface area contributed by atoms with E-state index >= 15 is 0 Å². The molecule has 0 bridgehead atoms. The summed E-state index contributed by atoms with van der Waals surface area (Å²) in [5.41, 5.74) is -0.0397. The third-order valence-corrected chi connectivity index (χ3v) is 3.04. The van der Waals surface area contributed by atoms with Gasteiger partial charge in [0.05, 0.1) is 12.0 Å². The fourth-order valence-electron chi connectivity index (χ4n) is 1.73. The molecule has 3 nitrogen and oxygen atoms in total. The molecule has 0 aliphatic carbocycles. The molecule has 1 N–H and O–H groups in total. The smallest absolute Gasteiger partial charge is 0.111 e. The Morgan fingerprint density at radius 1 is 1.47 bits per heavy atom. The number of nitriles is 1. The van der Waals surface area contributed by atoms with E-state index in [1.54, 1.807) is 0 Å². The van der Waals surface area contributed by atoms with Crippen molar-refractivity contribution in [1.29, 1.82) is 5.26 Å². The van der Waals surface area contributed by atoms with Gasteiger partial charge in [0.25, 0.3) is 0 Å². The standard InChI is InChI=1S/C14H22N2O/c1-5-12(8-15)9-16-10-14(3,4)13-7-6-11(2)17-13/h6-7,12,16H,5,9-10H2,1-4H3. The molecular weight excluding hydrogens is 212 g/mol. The SMILES string of the molecule is CCC(C#N)CNCC(C)(C)c1ccc(C)o1. The van der Waals surface area contributed by atoms with Crippen LogP contribution in [0.2, 0.25) is 0 Å². The second kappa shape index (κ2) is 5.88. The van der Waals surface area contributed by atoms with Crippen LogP contribution in [0.5, 0.6) is 0 Å². The van der Waals surface area contributed by atoms with Crippen molar-refractivity contribution >= 4 is 0 Å². The van der Waals surface area contributed by atoms with E-state index in [0.29, 0.717) is 0 Å². The van der Waals surface area contributed by atoms with Gasteiger partial charge in [-0.05, 0) is 25.5 Å². The summed E-state index contributed by atoms with van der Waals surface area (Å²) in [6.07, 6.45) is 0.893. The molecule has 17 heavy (non-hydrogen) atoms. The van der Waals surface area contributed by atoms with Gasteiger partial charge < -0.3 is 9.73 Å². The Balaban J connectivity index is 2.48. The zero-order valence-corrected chi connectivity index (χ0v) is 11.2. The van der Waals surface area contributed by atoms with Crippen LogP contribution in [0.4, 0.5) is 0 Å². The van der Waals surface area contributed by atoms with Gasteiger partial charge in [0.15, 0.2) is 0 Å². The molecule has 3 heteroatoms. The molecule has 1 heterocycles. The molecule has 1 unspecified atom stereocenters. The van der Waals surface area contributed by atoms with Crippen LogP contribution in [-0.4, -0.2) is 13.1 Å². The number of rotatable bonds is 6. The Labute approximate surface area is 104 Å². The van der Waals surface area contributed by atoms with E-state index in [-0.39, 0.29) is 11.3 Å². The zero-order chi connectivity index (χ0) is 12.9. The molecule has 1 aromatic heterocycles. The van der Waals surface area contributed by atoms with E-state index in [2.05, 4.69) is 25.2 Å².